The summed E-state index contributed by atoms with van der Waals surface area (Å²) >= 11 is 0. The third-order valence-corrected chi connectivity index (χ3v) is 14.1. The Morgan fingerprint density at radius 3 is 1.63 bits per heavy atom. The van der Waals surface area contributed by atoms with Crippen LogP contribution in [-0.2, 0) is 5.41 Å². The number of nitrogens with zero attached hydrogens (tertiary/aromatic N) is 2. The van der Waals surface area contributed by atoms with Crippen molar-refractivity contribution in [2.75, 3.05) is 4.90 Å². The highest BCUT2D eigenvalue weighted by atomic mass is 15.1. The minimum absolute atomic E-state index is 0.548. The van der Waals surface area contributed by atoms with E-state index in [1.807, 2.05) is 0 Å². The Bertz CT molecular complexity index is 3750. The minimum Gasteiger partial charge on any atom is -0.310 e. The molecule has 0 unspecified atom stereocenters. The number of hydrogen-bond donors (Lipinski definition) is 0. The molecule has 314 valence electrons. The highest BCUT2D eigenvalue weighted by Crippen LogP contribution is 2.57. The summed E-state index contributed by atoms with van der Waals surface area (Å²) in [7, 11) is 0. The standard InChI is InChI=1S/C65H44N2/c1-4-19-45(20-5-1)46-35-37-50(38-36-46)67-63-34-17-14-30-58(63)59-42-40-52(44-64(59)67)66(62-33-16-13-29-57(62)54-31-18-22-47-21-10-11-27-53(47)54)51-39-41-56-55-28-12-15-32-60(55)65(61(56)43-51,48-23-6-2-7-24-48)49-25-8-3-9-26-49/h1-44H. The molecule has 0 aliphatic heterocycles. The first-order valence-electron chi connectivity index (χ1n) is 23.2. The van der Waals surface area contributed by atoms with Crippen LogP contribution in [0.3, 0.4) is 0 Å². The molecule has 13 rings (SSSR count). The van der Waals surface area contributed by atoms with Gasteiger partial charge in [-0.05, 0) is 109 Å². The zero-order valence-corrected chi connectivity index (χ0v) is 36.8. The molecule has 0 N–H and O–H groups in total. The number of hydrogen-bond acceptors (Lipinski definition) is 1. The molecule has 2 heteroatoms. The molecule has 0 atom stereocenters. The van der Waals surface area contributed by atoms with Crippen LogP contribution in [0.4, 0.5) is 17.1 Å². The van der Waals surface area contributed by atoms with Crippen LogP contribution in [-0.4, -0.2) is 4.57 Å². The molecule has 1 aliphatic rings. The Hall–Kier alpha value is -8.72. The molecule has 1 aliphatic carbocycles. The first kappa shape index (κ1) is 38.7. The van der Waals surface area contributed by atoms with Gasteiger partial charge in [-0.3, -0.25) is 0 Å². The maximum atomic E-state index is 2.50. The van der Waals surface area contributed by atoms with E-state index in [1.165, 1.54) is 77.1 Å². The number of benzene rings is 11. The van der Waals surface area contributed by atoms with Crippen LogP contribution in [0.2, 0.25) is 0 Å². The van der Waals surface area contributed by atoms with E-state index in [0.717, 1.165) is 33.8 Å². The fourth-order valence-electron chi connectivity index (χ4n) is 11.2. The minimum atomic E-state index is -0.548. The Labute approximate surface area is 390 Å². The third-order valence-electron chi connectivity index (χ3n) is 14.1. The van der Waals surface area contributed by atoms with Crippen molar-refractivity contribution in [3.05, 3.63) is 289 Å². The third kappa shape index (κ3) is 6.11. The number of rotatable bonds is 8. The van der Waals surface area contributed by atoms with E-state index in [2.05, 4.69) is 276 Å². The molecule has 0 bridgehead atoms. The second kappa shape index (κ2) is 15.8. The average molecular weight is 853 g/mol. The van der Waals surface area contributed by atoms with Crippen molar-refractivity contribution in [1.82, 2.24) is 4.57 Å². The smallest absolute Gasteiger partial charge is 0.0714 e. The Balaban J connectivity index is 1.09. The molecule has 0 radical (unpaired) electrons. The fourth-order valence-corrected chi connectivity index (χ4v) is 11.2. The first-order valence-corrected chi connectivity index (χ1v) is 23.2. The molecule has 2 nitrogen and oxygen atoms in total. The van der Waals surface area contributed by atoms with E-state index >= 15 is 0 Å². The van der Waals surface area contributed by atoms with Gasteiger partial charge in [0, 0.05) is 33.4 Å². The van der Waals surface area contributed by atoms with Crippen molar-refractivity contribution in [3.8, 4) is 39.1 Å². The summed E-state index contributed by atoms with van der Waals surface area (Å²) in [4.78, 5) is 2.50. The molecule has 1 aromatic heterocycles. The van der Waals surface area contributed by atoms with Crippen molar-refractivity contribution >= 4 is 49.6 Å². The van der Waals surface area contributed by atoms with Gasteiger partial charge >= 0.3 is 0 Å². The summed E-state index contributed by atoms with van der Waals surface area (Å²) < 4.78 is 2.44. The molecule has 1 heterocycles. The van der Waals surface area contributed by atoms with Crippen LogP contribution < -0.4 is 4.90 Å². The van der Waals surface area contributed by atoms with Gasteiger partial charge < -0.3 is 9.47 Å². The van der Waals surface area contributed by atoms with Gasteiger partial charge in [0.15, 0.2) is 0 Å². The zero-order valence-electron chi connectivity index (χ0n) is 36.8. The highest BCUT2D eigenvalue weighted by molar-refractivity contribution is 6.11. The van der Waals surface area contributed by atoms with E-state index in [4.69, 9.17) is 0 Å². The molecule has 67 heavy (non-hydrogen) atoms. The van der Waals surface area contributed by atoms with Crippen molar-refractivity contribution in [1.29, 1.82) is 0 Å². The summed E-state index contributed by atoms with van der Waals surface area (Å²) in [6.45, 7) is 0. The SMILES string of the molecule is c1ccc(-c2ccc(-n3c4ccccc4c4ccc(N(c5ccc6c(c5)C(c5ccccc5)(c5ccccc5)c5ccccc5-6)c5ccccc5-c5cccc6ccccc56)cc43)cc2)cc1. The average Bonchev–Trinajstić information content (AvgIpc) is 3.90. The van der Waals surface area contributed by atoms with Crippen molar-refractivity contribution < 1.29 is 0 Å². The first-order chi connectivity index (χ1) is 33.3. The van der Waals surface area contributed by atoms with Crippen molar-refractivity contribution in [2.24, 2.45) is 0 Å². The predicted molar refractivity (Wildman–Crippen MR) is 281 cm³/mol. The maximum Gasteiger partial charge on any atom is 0.0714 e. The molecule has 12 aromatic rings. The number of para-hydroxylation sites is 2. The van der Waals surface area contributed by atoms with Crippen LogP contribution in [0.15, 0.2) is 267 Å². The lowest BCUT2D eigenvalue weighted by Gasteiger charge is -2.35. The summed E-state index contributed by atoms with van der Waals surface area (Å²) in [6.07, 6.45) is 0. The van der Waals surface area contributed by atoms with Gasteiger partial charge in [0.2, 0.25) is 0 Å². The van der Waals surface area contributed by atoms with Crippen LogP contribution in [0.1, 0.15) is 22.3 Å². The van der Waals surface area contributed by atoms with Gasteiger partial charge in [0.25, 0.3) is 0 Å². The van der Waals surface area contributed by atoms with Crippen molar-refractivity contribution in [2.45, 2.75) is 5.41 Å². The molecule has 0 saturated carbocycles. The molecule has 0 fully saturated rings. The second-order valence-corrected chi connectivity index (χ2v) is 17.6. The van der Waals surface area contributed by atoms with Crippen LogP contribution in [0, 0.1) is 0 Å². The Morgan fingerprint density at radius 2 is 0.851 bits per heavy atom. The molecule has 0 amide bonds. The summed E-state index contributed by atoms with van der Waals surface area (Å²) in [6, 6.07) is 98.2. The van der Waals surface area contributed by atoms with Gasteiger partial charge in [0.05, 0.1) is 22.1 Å². The van der Waals surface area contributed by atoms with Gasteiger partial charge in [-0.1, -0.05) is 218 Å². The zero-order chi connectivity index (χ0) is 44.3. The quantitative estimate of drug-likeness (QED) is 0.148. The number of fused-ring (bicyclic) bond motifs is 7. The molecular formula is C65H44N2. The fraction of sp³-hybridized carbons (Fsp3) is 0.0154. The highest BCUT2D eigenvalue weighted by Gasteiger charge is 2.46. The van der Waals surface area contributed by atoms with Crippen LogP contribution in [0.5, 0.6) is 0 Å². The van der Waals surface area contributed by atoms with E-state index in [0.29, 0.717) is 0 Å². The summed E-state index contributed by atoms with van der Waals surface area (Å²) in [5.74, 6) is 0. The second-order valence-electron chi connectivity index (χ2n) is 17.6. The lowest BCUT2D eigenvalue weighted by atomic mass is 9.67. The van der Waals surface area contributed by atoms with Gasteiger partial charge in [-0.2, -0.15) is 0 Å². The molecular weight excluding hydrogens is 809 g/mol. The van der Waals surface area contributed by atoms with Crippen molar-refractivity contribution in [3.63, 3.8) is 0 Å². The monoisotopic (exact) mass is 852 g/mol. The van der Waals surface area contributed by atoms with Crippen LogP contribution >= 0.6 is 0 Å². The molecule has 11 aromatic carbocycles. The normalized spacial score (nSPS) is 12.6. The van der Waals surface area contributed by atoms with E-state index < -0.39 is 5.41 Å². The van der Waals surface area contributed by atoms with Gasteiger partial charge in [-0.15, -0.1) is 0 Å². The Kier molecular flexibility index (Phi) is 9.11. The molecule has 0 spiro atoms. The summed E-state index contributed by atoms with van der Waals surface area (Å²) in [5.41, 5.74) is 18.5. The largest absolute Gasteiger partial charge is 0.310 e. The Morgan fingerprint density at radius 1 is 0.313 bits per heavy atom. The number of aromatic nitrogens is 1. The maximum absolute atomic E-state index is 2.50. The number of anilines is 3. The van der Waals surface area contributed by atoms with E-state index in [1.54, 1.807) is 0 Å². The summed E-state index contributed by atoms with van der Waals surface area (Å²) in [5, 5.41) is 4.88. The lowest BCUT2D eigenvalue weighted by Crippen LogP contribution is -2.28. The van der Waals surface area contributed by atoms with Crippen LogP contribution in [0.25, 0.3) is 71.6 Å². The van der Waals surface area contributed by atoms with Gasteiger partial charge in [-0.25, -0.2) is 0 Å². The van der Waals surface area contributed by atoms with Gasteiger partial charge in [0.1, 0.15) is 0 Å². The topological polar surface area (TPSA) is 8.17 Å². The lowest BCUT2D eigenvalue weighted by molar-refractivity contribution is 0.768. The predicted octanol–water partition coefficient (Wildman–Crippen LogP) is 17.1. The molecule has 0 saturated heterocycles. The van der Waals surface area contributed by atoms with E-state index in [-0.39, 0.29) is 0 Å². The van der Waals surface area contributed by atoms with E-state index in [9.17, 15) is 0 Å².